The first-order chi connectivity index (χ1) is 26.1. The zero-order valence-electron chi connectivity index (χ0n) is 29.5. The number of aryl methyl sites for hydroxylation is 2. The number of rotatable bonds is 10. The van der Waals surface area contributed by atoms with Gasteiger partial charge in [0.05, 0.1) is 35.6 Å². The Kier molecular flexibility index (Phi) is 11.1. The molecule has 2 amide bonds. The van der Waals surface area contributed by atoms with E-state index in [0.717, 1.165) is 53.5 Å². The molecule has 2 N–H and O–H groups in total. The van der Waals surface area contributed by atoms with E-state index in [0.29, 0.717) is 22.8 Å². The molecule has 7 aromatic rings. The van der Waals surface area contributed by atoms with Gasteiger partial charge in [-0.25, -0.2) is 19.9 Å². The molecule has 0 fully saturated rings. The number of halogens is 2. The standard InChI is InChI=1S/C44H34Br2N6O2/c1-27-3-7-29(8-4-27)23-41(53)51-43-47-37(25-39(49-43)33-15-19-35(45)20-16-33)31-11-13-32(14-12-31)38-26-40(34-17-21-36(46)22-18-34)50-44(48-38)52-42(54)24-30-9-5-28(2)6-10-30/h3-22,25-26H,23-24H2,1-2H3,(H,47,49,51,53)(H,48,50,52,54). The normalized spacial score (nSPS) is 10.9. The largest absolute Gasteiger partial charge is 0.294 e. The highest BCUT2D eigenvalue weighted by molar-refractivity contribution is 9.10. The summed E-state index contributed by atoms with van der Waals surface area (Å²) in [5.41, 5.74) is 10.1. The summed E-state index contributed by atoms with van der Waals surface area (Å²) < 4.78 is 1.90. The quantitative estimate of drug-likeness (QED) is 0.142. The second kappa shape index (κ2) is 16.4. The number of aromatic nitrogens is 4. The molecule has 7 rings (SSSR count). The highest BCUT2D eigenvalue weighted by Crippen LogP contribution is 2.30. The second-order valence-corrected chi connectivity index (χ2v) is 14.8. The van der Waals surface area contributed by atoms with Crippen molar-refractivity contribution in [1.29, 1.82) is 0 Å². The van der Waals surface area contributed by atoms with Crippen molar-refractivity contribution in [1.82, 2.24) is 19.9 Å². The van der Waals surface area contributed by atoms with Gasteiger partial charge in [-0.2, -0.15) is 0 Å². The molecule has 54 heavy (non-hydrogen) atoms. The van der Waals surface area contributed by atoms with E-state index in [4.69, 9.17) is 19.9 Å². The Hall–Kier alpha value is -5.84. The third-order valence-electron chi connectivity index (χ3n) is 8.68. The fourth-order valence-electron chi connectivity index (χ4n) is 5.77. The van der Waals surface area contributed by atoms with Crippen LogP contribution in [0.2, 0.25) is 0 Å². The van der Waals surface area contributed by atoms with Gasteiger partial charge in [0.15, 0.2) is 0 Å². The Morgan fingerprint density at radius 1 is 0.444 bits per heavy atom. The average molecular weight is 839 g/mol. The van der Waals surface area contributed by atoms with Crippen molar-refractivity contribution in [3.8, 4) is 45.0 Å². The van der Waals surface area contributed by atoms with Gasteiger partial charge in [-0.1, -0.05) is 140 Å². The van der Waals surface area contributed by atoms with Gasteiger partial charge in [0, 0.05) is 31.2 Å². The third kappa shape index (κ3) is 9.38. The molecule has 10 heteroatoms. The van der Waals surface area contributed by atoms with E-state index in [2.05, 4.69) is 42.5 Å². The first-order valence-corrected chi connectivity index (χ1v) is 18.8. The van der Waals surface area contributed by atoms with Crippen molar-refractivity contribution >= 4 is 55.6 Å². The van der Waals surface area contributed by atoms with Crippen LogP contribution >= 0.6 is 31.9 Å². The number of amides is 2. The molecule has 0 atom stereocenters. The first kappa shape index (κ1) is 36.5. The van der Waals surface area contributed by atoms with Crippen LogP contribution in [-0.4, -0.2) is 31.8 Å². The van der Waals surface area contributed by atoms with Crippen molar-refractivity contribution in [2.75, 3.05) is 10.6 Å². The van der Waals surface area contributed by atoms with Gasteiger partial charge in [-0.05, 0) is 61.4 Å². The fraction of sp³-hybridized carbons (Fsp3) is 0.0909. The lowest BCUT2D eigenvalue weighted by Crippen LogP contribution is -2.17. The van der Waals surface area contributed by atoms with Crippen LogP contribution < -0.4 is 10.6 Å². The Balaban J connectivity index is 1.19. The molecule has 0 bridgehead atoms. The Morgan fingerprint density at radius 2 is 0.722 bits per heavy atom. The lowest BCUT2D eigenvalue weighted by molar-refractivity contribution is -0.116. The van der Waals surface area contributed by atoms with Gasteiger partial charge >= 0.3 is 0 Å². The van der Waals surface area contributed by atoms with E-state index in [-0.39, 0.29) is 36.6 Å². The maximum absolute atomic E-state index is 13.1. The van der Waals surface area contributed by atoms with E-state index in [1.54, 1.807) is 0 Å². The molecule has 2 aromatic heterocycles. The van der Waals surface area contributed by atoms with Crippen LogP contribution in [0.5, 0.6) is 0 Å². The SMILES string of the molecule is Cc1ccc(CC(=O)Nc2nc(-c3ccc(Br)cc3)cc(-c3ccc(-c4cc(-c5ccc(Br)cc5)nc(NC(=O)Cc5ccc(C)cc5)n4)cc3)n2)cc1. The topological polar surface area (TPSA) is 110 Å². The predicted molar refractivity (Wildman–Crippen MR) is 222 cm³/mol. The number of hydrogen-bond acceptors (Lipinski definition) is 6. The maximum Gasteiger partial charge on any atom is 0.231 e. The van der Waals surface area contributed by atoms with E-state index in [1.807, 2.05) is 147 Å². The molecule has 0 aliphatic heterocycles. The summed E-state index contributed by atoms with van der Waals surface area (Å²) in [6.07, 6.45) is 0.400. The molecular formula is C44H34Br2N6O2. The van der Waals surface area contributed by atoms with Crippen LogP contribution in [0.25, 0.3) is 45.0 Å². The van der Waals surface area contributed by atoms with Crippen LogP contribution in [0.3, 0.4) is 0 Å². The van der Waals surface area contributed by atoms with Crippen molar-refractivity contribution in [3.05, 3.63) is 165 Å². The van der Waals surface area contributed by atoms with Crippen LogP contribution in [0.15, 0.2) is 142 Å². The number of hydrogen-bond donors (Lipinski definition) is 2. The number of anilines is 2. The van der Waals surface area contributed by atoms with Crippen molar-refractivity contribution in [2.24, 2.45) is 0 Å². The minimum absolute atomic E-state index is 0.200. The van der Waals surface area contributed by atoms with E-state index < -0.39 is 0 Å². The predicted octanol–water partition coefficient (Wildman–Crippen LogP) is 10.4. The summed E-state index contributed by atoms with van der Waals surface area (Å²) in [7, 11) is 0. The minimum atomic E-state index is -0.208. The van der Waals surface area contributed by atoms with Crippen molar-refractivity contribution in [3.63, 3.8) is 0 Å². The molecule has 0 saturated carbocycles. The molecule has 0 unspecified atom stereocenters. The number of benzene rings is 5. The first-order valence-electron chi connectivity index (χ1n) is 17.3. The summed E-state index contributed by atoms with van der Waals surface area (Å²) in [5.74, 6) is 0.0144. The number of nitrogens with zero attached hydrogens (tertiary/aromatic N) is 4. The molecular weight excluding hydrogens is 804 g/mol. The fourth-order valence-corrected chi connectivity index (χ4v) is 6.30. The van der Waals surface area contributed by atoms with Gasteiger partial charge in [0.2, 0.25) is 23.7 Å². The molecule has 266 valence electrons. The monoisotopic (exact) mass is 836 g/mol. The highest BCUT2D eigenvalue weighted by Gasteiger charge is 2.15. The smallest absolute Gasteiger partial charge is 0.231 e. The average Bonchev–Trinajstić information content (AvgIpc) is 3.17. The summed E-state index contributed by atoms with van der Waals surface area (Å²) in [6, 6.07) is 43.0. The molecule has 0 saturated heterocycles. The van der Waals surface area contributed by atoms with Crippen LogP contribution in [-0.2, 0) is 22.4 Å². The Bertz CT molecular complexity index is 2260. The van der Waals surface area contributed by atoms with Gasteiger partial charge in [-0.3, -0.25) is 20.2 Å². The molecule has 5 aromatic carbocycles. The molecule has 0 radical (unpaired) electrons. The molecule has 2 heterocycles. The van der Waals surface area contributed by atoms with Gasteiger partial charge in [-0.15, -0.1) is 0 Å². The maximum atomic E-state index is 13.1. The molecule has 0 aliphatic rings. The lowest BCUT2D eigenvalue weighted by atomic mass is 10.0. The van der Waals surface area contributed by atoms with Crippen molar-refractivity contribution < 1.29 is 9.59 Å². The highest BCUT2D eigenvalue weighted by atomic mass is 79.9. The Morgan fingerprint density at radius 3 is 1.02 bits per heavy atom. The summed E-state index contributed by atoms with van der Waals surface area (Å²) in [6.45, 7) is 4.03. The Labute approximate surface area is 330 Å². The minimum Gasteiger partial charge on any atom is -0.294 e. The zero-order valence-corrected chi connectivity index (χ0v) is 32.6. The summed E-state index contributed by atoms with van der Waals surface area (Å²) in [5, 5.41) is 5.83. The number of carbonyl (C=O) groups excluding carboxylic acids is 2. The van der Waals surface area contributed by atoms with Gasteiger partial charge in [0.1, 0.15) is 0 Å². The van der Waals surface area contributed by atoms with Crippen molar-refractivity contribution in [2.45, 2.75) is 26.7 Å². The number of carbonyl (C=O) groups is 2. The van der Waals surface area contributed by atoms with E-state index in [1.165, 1.54) is 0 Å². The molecule has 8 nitrogen and oxygen atoms in total. The lowest BCUT2D eigenvalue weighted by Gasteiger charge is -2.12. The van der Waals surface area contributed by atoms with Gasteiger partial charge in [0.25, 0.3) is 0 Å². The van der Waals surface area contributed by atoms with Crippen LogP contribution in [0.4, 0.5) is 11.9 Å². The van der Waals surface area contributed by atoms with Gasteiger partial charge < -0.3 is 0 Å². The van der Waals surface area contributed by atoms with E-state index in [9.17, 15) is 9.59 Å². The summed E-state index contributed by atoms with van der Waals surface area (Å²) >= 11 is 7.02. The van der Waals surface area contributed by atoms with Crippen LogP contribution in [0.1, 0.15) is 22.3 Å². The van der Waals surface area contributed by atoms with Crippen LogP contribution in [0, 0.1) is 13.8 Å². The zero-order chi connectivity index (χ0) is 37.6. The summed E-state index contributed by atoms with van der Waals surface area (Å²) in [4.78, 5) is 45.2. The third-order valence-corrected chi connectivity index (χ3v) is 9.74. The molecule has 0 spiro atoms. The second-order valence-electron chi connectivity index (χ2n) is 12.9. The molecule has 0 aliphatic carbocycles. The van der Waals surface area contributed by atoms with E-state index >= 15 is 0 Å². The number of nitrogens with one attached hydrogen (secondary N) is 2.